The molecule has 1 N–H and O–H groups in total. The van der Waals surface area contributed by atoms with Gasteiger partial charge in [-0.2, -0.15) is 0 Å². The molecule has 3 heteroatoms. The minimum Gasteiger partial charge on any atom is -0.479 e. The number of aliphatic carboxylic acids is 1. The Balaban J connectivity index is 2.67. The van der Waals surface area contributed by atoms with Gasteiger partial charge in [0.05, 0.1) is 0 Å². The minimum atomic E-state index is -0.889. The van der Waals surface area contributed by atoms with Crippen LogP contribution in [0.5, 0.6) is 5.75 Å². The summed E-state index contributed by atoms with van der Waals surface area (Å²) in [5, 5.41) is 9.06. The van der Waals surface area contributed by atoms with Gasteiger partial charge in [-0.1, -0.05) is 32.4 Å². The summed E-state index contributed by atoms with van der Waals surface area (Å²) in [5.41, 5.74) is 1.15. The molecule has 1 atom stereocenters. The number of hydrogen-bond donors (Lipinski definition) is 1. The van der Waals surface area contributed by atoms with Gasteiger partial charge in [0.1, 0.15) is 5.75 Å². The summed E-state index contributed by atoms with van der Waals surface area (Å²) >= 11 is 0. The predicted octanol–water partition coefficient (Wildman–Crippen LogP) is 3.27. The van der Waals surface area contributed by atoms with E-state index in [9.17, 15) is 4.79 Å². The molecule has 17 heavy (non-hydrogen) atoms. The SMILES string of the molecule is CCCCC(Oc1cccc(CC)c1)C(=O)O. The lowest BCUT2D eigenvalue weighted by Crippen LogP contribution is -2.26. The normalized spacial score (nSPS) is 12.1. The van der Waals surface area contributed by atoms with Crippen molar-refractivity contribution in [1.29, 1.82) is 0 Å². The summed E-state index contributed by atoms with van der Waals surface area (Å²) < 4.78 is 5.52. The molecule has 0 aliphatic carbocycles. The fourth-order valence-corrected chi connectivity index (χ4v) is 1.63. The van der Waals surface area contributed by atoms with E-state index in [1.165, 1.54) is 0 Å². The van der Waals surface area contributed by atoms with Gasteiger partial charge in [0.15, 0.2) is 6.10 Å². The summed E-state index contributed by atoms with van der Waals surface area (Å²) in [5.74, 6) is -0.242. The van der Waals surface area contributed by atoms with E-state index in [-0.39, 0.29) is 0 Å². The largest absolute Gasteiger partial charge is 0.479 e. The van der Waals surface area contributed by atoms with E-state index in [2.05, 4.69) is 6.92 Å². The predicted molar refractivity (Wildman–Crippen MR) is 67.4 cm³/mol. The van der Waals surface area contributed by atoms with Crippen molar-refractivity contribution in [3.63, 3.8) is 0 Å². The molecular weight excluding hydrogens is 216 g/mol. The molecule has 0 aromatic heterocycles. The van der Waals surface area contributed by atoms with Crippen molar-refractivity contribution in [2.24, 2.45) is 0 Å². The molecule has 0 aliphatic heterocycles. The molecule has 1 rings (SSSR count). The van der Waals surface area contributed by atoms with E-state index in [4.69, 9.17) is 9.84 Å². The van der Waals surface area contributed by atoms with Crippen LogP contribution in [0.25, 0.3) is 0 Å². The monoisotopic (exact) mass is 236 g/mol. The summed E-state index contributed by atoms with van der Waals surface area (Å²) in [6, 6.07) is 7.62. The molecule has 0 amide bonds. The van der Waals surface area contributed by atoms with Crippen molar-refractivity contribution in [2.45, 2.75) is 45.6 Å². The second-order valence-corrected chi connectivity index (χ2v) is 4.09. The van der Waals surface area contributed by atoms with Crippen molar-refractivity contribution in [1.82, 2.24) is 0 Å². The Hall–Kier alpha value is -1.51. The quantitative estimate of drug-likeness (QED) is 0.790. The second-order valence-electron chi connectivity index (χ2n) is 4.09. The van der Waals surface area contributed by atoms with Gasteiger partial charge in [0.25, 0.3) is 0 Å². The Morgan fingerprint density at radius 1 is 1.41 bits per heavy atom. The van der Waals surface area contributed by atoms with Crippen molar-refractivity contribution >= 4 is 5.97 Å². The van der Waals surface area contributed by atoms with E-state index in [1.807, 2.05) is 25.1 Å². The van der Waals surface area contributed by atoms with E-state index < -0.39 is 12.1 Å². The Morgan fingerprint density at radius 2 is 2.18 bits per heavy atom. The van der Waals surface area contributed by atoms with Crippen LogP contribution in [0.3, 0.4) is 0 Å². The van der Waals surface area contributed by atoms with Crippen molar-refractivity contribution < 1.29 is 14.6 Å². The number of unbranched alkanes of at least 4 members (excludes halogenated alkanes) is 1. The van der Waals surface area contributed by atoms with Gasteiger partial charge in [0.2, 0.25) is 0 Å². The van der Waals surface area contributed by atoms with Gasteiger partial charge in [0, 0.05) is 0 Å². The van der Waals surface area contributed by atoms with E-state index in [0.717, 1.165) is 24.8 Å². The highest BCUT2D eigenvalue weighted by molar-refractivity contribution is 5.72. The van der Waals surface area contributed by atoms with Gasteiger partial charge in [-0.25, -0.2) is 4.79 Å². The van der Waals surface area contributed by atoms with Crippen LogP contribution in [0, 0.1) is 0 Å². The standard InChI is InChI=1S/C14H20O3/c1-3-5-9-13(14(15)16)17-12-8-6-7-11(4-2)10-12/h6-8,10,13H,3-5,9H2,1-2H3,(H,15,16). The number of carboxylic acid groups (broad SMARTS) is 1. The molecule has 3 nitrogen and oxygen atoms in total. The maximum Gasteiger partial charge on any atom is 0.344 e. The van der Waals surface area contributed by atoms with E-state index in [1.54, 1.807) is 6.07 Å². The van der Waals surface area contributed by atoms with Crippen LogP contribution < -0.4 is 4.74 Å². The maximum absolute atomic E-state index is 11.0. The van der Waals surface area contributed by atoms with Crippen molar-refractivity contribution in [2.75, 3.05) is 0 Å². The molecule has 0 heterocycles. The van der Waals surface area contributed by atoms with Gasteiger partial charge >= 0.3 is 5.97 Å². The van der Waals surface area contributed by atoms with Gasteiger partial charge in [-0.3, -0.25) is 0 Å². The first kappa shape index (κ1) is 13.6. The summed E-state index contributed by atoms with van der Waals surface area (Å²) in [7, 11) is 0. The van der Waals surface area contributed by atoms with Crippen LogP contribution in [0.4, 0.5) is 0 Å². The number of ether oxygens (including phenoxy) is 1. The zero-order valence-corrected chi connectivity index (χ0v) is 10.5. The fourth-order valence-electron chi connectivity index (χ4n) is 1.63. The third-order valence-electron chi connectivity index (χ3n) is 2.68. The Morgan fingerprint density at radius 3 is 2.76 bits per heavy atom. The summed E-state index contributed by atoms with van der Waals surface area (Å²) in [6.45, 7) is 4.10. The molecular formula is C14H20O3. The van der Waals surface area contributed by atoms with Gasteiger partial charge in [-0.15, -0.1) is 0 Å². The van der Waals surface area contributed by atoms with Crippen molar-refractivity contribution in [3.8, 4) is 5.75 Å². The summed E-state index contributed by atoms with van der Waals surface area (Å²) in [4.78, 5) is 11.0. The zero-order valence-electron chi connectivity index (χ0n) is 10.5. The van der Waals surface area contributed by atoms with Crippen molar-refractivity contribution in [3.05, 3.63) is 29.8 Å². The Labute approximate surface area is 102 Å². The number of rotatable bonds is 7. The molecule has 1 unspecified atom stereocenters. The first-order valence-electron chi connectivity index (χ1n) is 6.15. The lowest BCUT2D eigenvalue weighted by atomic mass is 10.1. The Bertz CT molecular complexity index is 360. The molecule has 0 spiro atoms. The highest BCUT2D eigenvalue weighted by Crippen LogP contribution is 2.17. The highest BCUT2D eigenvalue weighted by atomic mass is 16.5. The average molecular weight is 236 g/mol. The molecule has 0 saturated heterocycles. The third-order valence-corrected chi connectivity index (χ3v) is 2.68. The fraction of sp³-hybridized carbons (Fsp3) is 0.500. The van der Waals surface area contributed by atoms with Crippen LogP contribution in [-0.2, 0) is 11.2 Å². The molecule has 1 aromatic carbocycles. The van der Waals surface area contributed by atoms with E-state index >= 15 is 0 Å². The van der Waals surface area contributed by atoms with Crippen LogP contribution >= 0.6 is 0 Å². The minimum absolute atomic E-state index is 0.558. The van der Waals surface area contributed by atoms with Gasteiger partial charge < -0.3 is 9.84 Å². The Kier molecular flexibility index (Phi) is 5.53. The molecule has 1 aromatic rings. The molecule has 0 aliphatic rings. The maximum atomic E-state index is 11.0. The van der Waals surface area contributed by atoms with Crippen LogP contribution in [0.15, 0.2) is 24.3 Å². The number of benzene rings is 1. The highest BCUT2D eigenvalue weighted by Gasteiger charge is 2.18. The number of hydrogen-bond acceptors (Lipinski definition) is 2. The smallest absolute Gasteiger partial charge is 0.344 e. The number of carboxylic acids is 1. The molecule has 0 bridgehead atoms. The molecule has 0 saturated carbocycles. The molecule has 0 fully saturated rings. The topological polar surface area (TPSA) is 46.5 Å². The van der Waals surface area contributed by atoms with Crippen LogP contribution in [0.1, 0.15) is 38.7 Å². The molecule has 94 valence electrons. The number of aryl methyl sites for hydroxylation is 1. The first-order chi connectivity index (χ1) is 8.17. The lowest BCUT2D eigenvalue weighted by molar-refractivity contribution is -0.145. The number of carbonyl (C=O) groups is 1. The molecule has 0 radical (unpaired) electrons. The summed E-state index contributed by atoms with van der Waals surface area (Å²) in [6.07, 6.45) is 2.58. The van der Waals surface area contributed by atoms with Gasteiger partial charge in [-0.05, 0) is 37.0 Å². The van der Waals surface area contributed by atoms with Crippen LogP contribution in [0.2, 0.25) is 0 Å². The second kappa shape index (κ2) is 6.94. The van der Waals surface area contributed by atoms with Crippen LogP contribution in [-0.4, -0.2) is 17.2 Å². The first-order valence-corrected chi connectivity index (χ1v) is 6.15. The lowest BCUT2D eigenvalue weighted by Gasteiger charge is -2.15. The third kappa shape index (κ3) is 4.47. The average Bonchev–Trinajstić information content (AvgIpc) is 2.34. The zero-order chi connectivity index (χ0) is 12.7. The van der Waals surface area contributed by atoms with E-state index in [0.29, 0.717) is 12.2 Å².